The van der Waals surface area contributed by atoms with Crippen LogP contribution < -0.4 is 0 Å². The van der Waals surface area contributed by atoms with Gasteiger partial charge in [0, 0.05) is 10.7 Å². The van der Waals surface area contributed by atoms with Crippen LogP contribution in [0, 0.1) is 5.92 Å². The third-order valence-corrected chi connectivity index (χ3v) is 3.42. The molecule has 0 fully saturated rings. The van der Waals surface area contributed by atoms with Crippen LogP contribution >= 0.6 is 31.9 Å². The van der Waals surface area contributed by atoms with Crippen molar-refractivity contribution in [3.63, 3.8) is 0 Å². The molecular weight excluding hydrogens is 292 g/mol. The third-order valence-electron chi connectivity index (χ3n) is 2.50. The van der Waals surface area contributed by atoms with Crippen LogP contribution in [0.15, 0.2) is 0 Å². The molecule has 0 aliphatic rings. The Labute approximate surface area is 100 Å². The van der Waals surface area contributed by atoms with E-state index in [-0.39, 0.29) is 0 Å². The molecule has 0 atom stereocenters. The van der Waals surface area contributed by atoms with E-state index in [0.717, 1.165) is 5.92 Å². The van der Waals surface area contributed by atoms with Gasteiger partial charge in [0.15, 0.2) is 0 Å². The Hall–Kier alpha value is 0.960. The van der Waals surface area contributed by atoms with Crippen molar-refractivity contribution < 1.29 is 0 Å². The van der Waals surface area contributed by atoms with E-state index < -0.39 is 0 Å². The second-order valence-corrected chi connectivity index (χ2v) is 5.26. The van der Waals surface area contributed by atoms with E-state index in [0.29, 0.717) is 0 Å². The molecule has 0 aromatic rings. The molecule has 0 nitrogen and oxygen atoms in total. The Morgan fingerprint density at radius 2 is 1.46 bits per heavy atom. The van der Waals surface area contributed by atoms with Gasteiger partial charge in [-0.15, -0.1) is 0 Å². The first-order valence-electron chi connectivity index (χ1n) is 5.47. The summed E-state index contributed by atoms with van der Waals surface area (Å²) in [6.07, 6.45) is 9.74. The van der Waals surface area contributed by atoms with Gasteiger partial charge in [-0.2, -0.15) is 0 Å². The van der Waals surface area contributed by atoms with Gasteiger partial charge in [-0.25, -0.2) is 0 Å². The van der Waals surface area contributed by atoms with Gasteiger partial charge in [0.2, 0.25) is 0 Å². The maximum atomic E-state index is 3.53. The van der Waals surface area contributed by atoms with Crippen molar-refractivity contribution in [1.82, 2.24) is 0 Å². The van der Waals surface area contributed by atoms with E-state index in [4.69, 9.17) is 0 Å². The lowest BCUT2D eigenvalue weighted by molar-refractivity contribution is 0.437. The van der Waals surface area contributed by atoms with Gasteiger partial charge in [-0.1, -0.05) is 70.9 Å². The number of halogens is 2. The van der Waals surface area contributed by atoms with E-state index >= 15 is 0 Å². The average Bonchev–Trinajstić information content (AvgIpc) is 2.13. The molecule has 0 aliphatic heterocycles. The lowest BCUT2D eigenvalue weighted by atomic mass is 9.96. The first-order valence-corrected chi connectivity index (χ1v) is 7.71. The lowest BCUT2D eigenvalue weighted by Crippen LogP contribution is -2.02. The Kier molecular flexibility index (Phi) is 11.9. The van der Waals surface area contributed by atoms with Crippen LogP contribution in [-0.4, -0.2) is 10.7 Å². The smallest absolute Gasteiger partial charge is 0.00339 e. The Morgan fingerprint density at radius 3 is 1.92 bits per heavy atom. The minimum Gasteiger partial charge on any atom is -0.0928 e. The van der Waals surface area contributed by atoms with Crippen LogP contribution in [0.5, 0.6) is 0 Å². The summed E-state index contributed by atoms with van der Waals surface area (Å²) in [4.78, 5) is 0. The summed E-state index contributed by atoms with van der Waals surface area (Å²) >= 11 is 7.05. The van der Waals surface area contributed by atoms with Crippen LogP contribution in [0.1, 0.15) is 51.9 Å². The summed E-state index contributed by atoms with van der Waals surface area (Å²) in [6, 6.07) is 0. The molecule has 0 unspecified atom stereocenters. The maximum Gasteiger partial charge on any atom is 0.00339 e. The topological polar surface area (TPSA) is 0 Å². The predicted octanol–water partition coefficient (Wildman–Crippen LogP) is 5.14. The van der Waals surface area contributed by atoms with Crippen molar-refractivity contribution in [3.05, 3.63) is 0 Å². The predicted molar refractivity (Wildman–Crippen MR) is 69.1 cm³/mol. The van der Waals surface area contributed by atoms with Gasteiger partial charge in [-0.05, 0) is 18.8 Å². The molecule has 0 saturated carbocycles. The van der Waals surface area contributed by atoms with Crippen molar-refractivity contribution in [3.8, 4) is 0 Å². The highest BCUT2D eigenvalue weighted by Gasteiger charge is 2.06. The minimum atomic E-state index is 0.940. The molecule has 0 amide bonds. The Morgan fingerprint density at radius 1 is 0.846 bits per heavy atom. The van der Waals surface area contributed by atoms with Crippen molar-refractivity contribution in [2.24, 2.45) is 5.92 Å². The Bertz CT molecular complexity index is 88.1. The monoisotopic (exact) mass is 312 g/mol. The van der Waals surface area contributed by atoms with E-state index in [1.165, 1.54) is 55.6 Å². The van der Waals surface area contributed by atoms with Crippen LogP contribution in [-0.2, 0) is 0 Å². The molecule has 0 radical (unpaired) electrons. The van der Waals surface area contributed by atoms with Crippen LogP contribution in [0.3, 0.4) is 0 Å². The van der Waals surface area contributed by atoms with Crippen molar-refractivity contribution in [1.29, 1.82) is 0 Å². The highest BCUT2D eigenvalue weighted by molar-refractivity contribution is 9.09. The zero-order valence-electron chi connectivity index (χ0n) is 8.70. The fraction of sp³-hybridized carbons (Fsp3) is 1.00. The van der Waals surface area contributed by atoms with Gasteiger partial charge >= 0.3 is 0 Å². The summed E-state index contributed by atoms with van der Waals surface area (Å²) in [7, 11) is 0. The molecule has 0 aliphatic carbocycles. The molecule has 0 rings (SSSR count). The van der Waals surface area contributed by atoms with Crippen molar-refractivity contribution in [2.45, 2.75) is 51.9 Å². The minimum absolute atomic E-state index is 0.940. The highest BCUT2D eigenvalue weighted by Crippen LogP contribution is 2.19. The molecule has 80 valence electrons. The van der Waals surface area contributed by atoms with Crippen LogP contribution in [0.25, 0.3) is 0 Å². The third kappa shape index (κ3) is 9.27. The number of hydrogen-bond donors (Lipinski definition) is 0. The zero-order chi connectivity index (χ0) is 9.94. The SMILES string of the molecule is CCCCCCC(CCBr)CCBr. The number of rotatable bonds is 9. The van der Waals surface area contributed by atoms with E-state index in [9.17, 15) is 0 Å². The maximum absolute atomic E-state index is 3.53. The molecule has 0 aromatic carbocycles. The molecule has 0 aromatic heterocycles. The molecule has 0 saturated heterocycles. The number of unbranched alkanes of at least 4 members (excludes halogenated alkanes) is 3. The molecular formula is C11H22Br2. The van der Waals surface area contributed by atoms with Crippen molar-refractivity contribution >= 4 is 31.9 Å². The fourth-order valence-corrected chi connectivity index (χ4v) is 2.90. The summed E-state index contributed by atoms with van der Waals surface area (Å²) in [5.41, 5.74) is 0. The van der Waals surface area contributed by atoms with E-state index in [1.807, 2.05) is 0 Å². The van der Waals surface area contributed by atoms with Gasteiger partial charge in [0.05, 0.1) is 0 Å². The second kappa shape index (κ2) is 11.0. The molecule has 0 bridgehead atoms. The average molecular weight is 314 g/mol. The number of hydrogen-bond acceptors (Lipinski definition) is 0. The zero-order valence-corrected chi connectivity index (χ0v) is 11.9. The number of alkyl halides is 2. The second-order valence-electron chi connectivity index (χ2n) is 3.67. The molecule has 0 heterocycles. The van der Waals surface area contributed by atoms with Gasteiger partial charge in [0.25, 0.3) is 0 Å². The summed E-state index contributed by atoms with van der Waals surface area (Å²) < 4.78 is 0. The van der Waals surface area contributed by atoms with Crippen molar-refractivity contribution in [2.75, 3.05) is 10.7 Å². The molecule has 13 heavy (non-hydrogen) atoms. The fourth-order valence-electron chi connectivity index (χ4n) is 1.60. The normalized spacial score (nSPS) is 11.1. The van der Waals surface area contributed by atoms with Crippen LogP contribution in [0.2, 0.25) is 0 Å². The largest absolute Gasteiger partial charge is 0.0928 e. The summed E-state index contributed by atoms with van der Waals surface area (Å²) in [5.74, 6) is 0.940. The standard InChI is InChI=1S/C11H22Br2/c1-2-3-4-5-6-11(7-9-12)8-10-13/h11H,2-10H2,1H3. The molecule has 0 N–H and O–H groups in total. The quantitative estimate of drug-likeness (QED) is 0.408. The first-order chi connectivity index (χ1) is 6.35. The lowest BCUT2D eigenvalue weighted by Gasteiger charge is -2.13. The highest BCUT2D eigenvalue weighted by atomic mass is 79.9. The summed E-state index contributed by atoms with van der Waals surface area (Å²) in [6.45, 7) is 2.27. The van der Waals surface area contributed by atoms with Gasteiger partial charge in [0.1, 0.15) is 0 Å². The first kappa shape index (κ1) is 14.0. The molecule has 0 spiro atoms. The Balaban J connectivity index is 3.33. The van der Waals surface area contributed by atoms with E-state index in [2.05, 4.69) is 38.8 Å². The van der Waals surface area contributed by atoms with E-state index in [1.54, 1.807) is 0 Å². The van der Waals surface area contributed by atoms with Gasteiger partial charge < -0.3 is 0 Å². The van der Waals surface area contributed by atoms with Crippen LogP contribution in [0.4, 0.5) is 0 Å². The summed E-state index contributed by atoms with van der Waals surface area (Å²) in [5, 5.41) is 2.33. The van der Waals surface area contributed by atoms with Gasteiger partial charge in [-0.3, -0.25) is 0 Å². The molecule has 2 heteroatoms.